The van der Waals surface area contributed by atoms with E-state index >= 15 is 0 Å². The third-order valence-corrected chi connectivity index (χ3v) is 5.15. The largest absolute Gasteiger partial charge is 0.459 e. The minimum Gasteiger partial charge on any atom is -0.459 e. The quantitative estimate of drug-likeness (QED) is 0.510. The van der Waals surface area contributed by atoms with Crippen LogP contribution in [0.5, 0.6) is 0 Å². The highest BCUT2D eigenvalue weighted by atomic mass is 19.1. The van der Waals surface area contributed by atoms with Crippen LogP contribution in [-0.2, 0) is 14.2 Å². The molecule has 1 aliphatic heterocycles. The molecule has 4 atom stereocenters. The summed E-state index contributed by atoms with van der Waals surface area (Å²) in [5.74, 6) is -2.78. The fourth-order valence-corrected chi connectivity index (χ4v) is 3.46. The molecule has 11 heteroatoms. The van der Waals surface area contributed by atoms with E-state index in [0.29, 0.717) is 10.8 Å². The van der Waals surface area contributed by atoms with Crippen molar-refractivity contribution in [2.24, 2.45) is 0 Å². The van der Waals surface area contributed by atoms with Gasteiger partial charge in [-0.15, -0.1) is 0 Å². The van der Waals surface area contributed by atoms with Crippen molar-refractivity contribution in [1.82, 2.24) is 9.55 Å². The van der Waals surface area contributed by atoms with Gasteiger partial charge in [-0.2, -0.15) is 4.39 Å². The highest BCUT2D eigenvalue weighted by Crippen LogP contribution is 2.31. The highest BCUT2D eigenvalue weighted by Gasteiger charge is 2.48. The first-order valence-corrected chi connectivity index (χ1v) is 10.2. The molecule has 2 heterocycles. The Labute approximate surface area is 191 Å². The lowest BCUT2D eigenvalue weighted by Crippen LogP contribution is -2.41. The average Bonchev–Trinajstić information content (AvgIpc) is 3.15. The third-order valence-electron chi connectivity index (χ3n) is 5.15. The van der Waals surface area contributed by atoms with E-state index in [-0.39, 0.29) is 11.1 Å². The summed E-state index contributed by atoms with van der Waals surface area (Å²) in [5.41, 5.74) is -1.85. The van der Waals surface area contributed by atoms with Crippen LogP contribution in [-0.4, -0.2) is 51.5 Å². The Morgan fingerprint density at radius 3 is 2.21 bits per heavy atom. The predicted octanol–water partition coefficient (Wildman–Crippen LogP) is 1.02. The van der Waals surface area contributed by atoms with Crippen molar-refractivity contribution in [3.8, 4) is 0 Å². The molecule has 1 aromatic heterocycles. The van der Waals surface area contributed by atoms with Gasteiger partial charge in [-0.05, 0) is 24.3 Å². The van der Waals surface area contributed by atoms with E-state index in [0.717, 1.165) is 0 Å². The van der Waals surface area contributed by atoms with Gasteiger partial charge in [0.2, 0.25) is 5.82 Å². The second kappa shape index (κ2) is 9.81. The van der Waals surface area contributed by atoms with Crippen molar-refractivity contribution in [2.45, 2.75) is 24.5 Å². The molecule has 0 bridgehead atoms. The fourth-order valence-electron chi connectivity index (χ4n) is 3.46. The van der Waals surface area contributed by atoms with Gasteiger partial charge in [0.05, 0.1) is 17.3 Å². The van der Waals surface area contributed by atoms with Crippen LogP contribution in [0.1, 0.15) is 26.9 Å². The molecule has 3 aromatic rings. The molecule has 4 rings (SSSR count). The topological polar surface area (TPSA) is 137 Å². The van der Waals surface area contributed by atoms with E-state index in [2.05, 4.69) is 0 Å². The number of carbonyl (C=O) groups is 2. The van der Waals surface area contributed by atoms with Crippen LogP contribution in [0.3, 0.4) is 0 Å². The molecule has 34 heavy (non-hydrogen) atoms. The molecule has 10 nitrogen and oxygen atoms in total. The maximum Gasteiger partial charge on any atom is 0.338 e. The molecule has 0 saturated carbocycles. The van der Waals surface area contributed by atoms with Crippen LogP contribution >= 0.6 is 0 Å². The number of benzene rings is 2. The summed E-state index contributed by atoms with van der Waals surface area (Å²) in [6, 6.07) is 16.0. The Bertz CT molecular complexity index is 1290. The summed E-state index contributed by atoms with van der Waals surface area (Å²) >= 11 is 0. The molecule has 176 valence electrons. The average molecular weight is 470 g/mol. The van der Waals surface area contributed by atoms with Gasteiger partial charge in [0.1, 0.15) is 18.8 Å². The predicted molar refractivity (Wildman–Crippen MR) is 114 cm³/mol. The van der Waals surface area contributed by atoms with Gasteiger partial charge in [-0.3, -0.25) is 14.3 Å². The summed E-state index contributed by atoms with van der Waals surface area (Å²) in [4.78, 5) is 50.2. The number of nitrogens with zero attached hydrogens (tertiary/aromatic N) is 1. The van der Waals surface area contributed by atoms with Crippen LogP contribution in [0.25, 0.3) is 0 Å². The van der Waals surface area contributed by atoms with E-state index in [4.69, 9.17) is 14.2 Å². The minimum absolute atomic E-state index is 0.186. The Balaban J connectivity index is 1.59. The second-order valence-corrected chi connectivity index (χ2v) is 7.40. The first kappa shape index (κ1) is 23.1. The number of aliphatic hydroxyl groups is 1. The lowest BCUT2D eigenvalue weighted by atomic mass is 10.1. The number of nitrogens with one attached hydrogen (secondary N) is 1. The zero-order valence-electron chi connectivity index (χ0n) is 17.5. The first-order valence-electron chi connectivity index (χ1n) is 10.2. The van der Waals surface area contributed by atoms with E-state index < -0.39 is 60.2 Å². The summed E-state index contributed by atoms with van der Waals surface area (Å²) in [5, 5.41) is 10.8. The van der Waals surface area contributed by atoms with Crippen molar-refractivity contribution < 1.29 is 33.3 Å². The van der Waals surface area contributed by atoms with Crippen molar-refractivity contribution in [1.29, 1.82) is 0 Å². The smallest absolute Gasteiger partial charge is 0.338 e. The SMILES string of the molecule is O=C(OC[C@@H]1O[C@H](n2cc(F)c(=O)[nH]c2=O)[C@H](O)[C@H]1OC(=O)c1ccccc1)c1ccccc1. The maximum atomic E-state index is 13.8. The molecule has 1 saturated heterocycles. The number of hydrogen-bond acceptors (Lipinski definition) is 8. The number of aromatic amines is 1. The molecule has 0 amide bonds. The van der Waals surface area contributed by atoms with Crippen LogP contribution < -0.4 is 11.2 Å². The van der Waals surface area contributed by atoms with Gasteiger partial charge >= 0.3 is 17.6 Å². The van der Waals surface area contributed by atoms with Gasteiger partial charge in [-0.25, -0.2) is 14.4 Å². The van der Waals surface area contributed by atoms with Gasteiger partial charge in [0.25, 0.3) is 5.56 Å². The normalized spacial score (nSPS) is 21.7. The fraction of sp³-hybridized carbons (Fsp3) is 0.217. The molecule has 1 fully saturated rings. The number of hydrogen-bond donors (Lipinski definition) is 2. The number of aliphatic hydroxyl groups excluding tert-OH is 1. The summed E-state index contributed by atoms with van der Waals surface area (Å²) in [6.07, 6.45) is -5.21. The van der Waals surface area contributed by atoms with Gasteiger partial charge in [0.15, 0.2) is 12.3 Å². The molecule has 0 radical (unpaired) electrons. The summed E-state index contributed by atoms with van der Waals surface area (Å²) in [7, 11) is 0. The van der Waals surface area contributed by atoms with Crippen molar-refractivity contribution in [2.75, 3.05) is 6.61 Å². The Morgan fingerprint density at radius 1 is 1.00 bits per heavy atom. The highest BCUT2D eigenvalue weighted by molar-refractivity contribution is 5.90. The van der Waals surface area contributed by atoms with Crippen molar-refractivity contribution in [3.05, 3.63) is 105 Å². The number of carbonyl (C=O) groups excluding carboxylic acids is 2. The van der Waals surface area contributed by atoms with Gasteiger partial charge in [0, 0.05) is 0 Å². The molecule has 1 aliphatic rings. The molecular formula is C23H19FN2O8. The van der Waals surface area contributed by atoms with E-state index in [9.17, 15) is 28.7 Å². The zero-order valence-corrected chi connectivity index (χ0v) is 17.5. The van der Waals surface area contributed by atoms with Gasteiger partial charge in [-0.1, -0.05) is 36.4 Å². The minimum atomic E-state index is -1.66. The van der Waals surface area contributed by atoms with Crippen LogP contribution in [0.4, 0.5) is 4.39 Å². The molecule has 0 aliphatic carbocycles. The second-order valence-electron chi connectivity index (χ2n) is 7.40. The van der Waals surface area contributed by atoms with E-state index in [1.165, 1.54) is 24.3 Å². The van der Waals surface area contributed by atoms with Crippen LogP contribution in [0, 0.1) is 5.82 Å². The van der Waals surface area contributed by atoms with Crippen LogP contribution in [0.2, 0.25) is 0 Å². The van der Waals surface area contributed by atoms with Crippen molar-refractivity contribution >= 4 is 11.9 Å². The molecule has 2 aromatic carbocycles. The maximum absolute atomic E-state index is 13.8. The van der Waals surface area contributed by atoms with Crippen molar-refractivity contribution in [3.63, 3.8) is 0 Å². The van der Waals surface area contributed by atoms with Gasteiger partial charge < -0.3 is 19.3 Å². The third kappa shape index (κ3) is 4.80. The number of aromatic nitrogens is 2. The number of halogens is 1. The first-order chi connectivity index (χ1) is 16.3. The van der Waals surface area contributed by atoms with E-state index in [1.54, 1.807) is 41.4 Å². The Hall–Kier alpha value is -4.09. The summed E-state index contributed by atoms with van der Waals surface area (Å²) < 4.78 is 30.8. The lowest BCUT2D eigenvalue weighted by molar-refractivity contribution is -0.0617. The zero-order chi connectivity index (χ0) is 24.2. The molecular weight excluding hydrogens is 451 g/mol. The summed E-state index contributed by atoms with van der Waals surface area (Å²) in [6.45, 7) is -0.450. The van der Waals surface area contributed by atoms with Crippen LogP contribution in [0.15, 0.2) is 76.4 Å². The molecule has 2 N–H and O–H groups in total. The van der Waals surface area contributed by atoms with E-state index in [1.807, 2.05) is 0 Å². The Morgan fingerprint density at radius 2 is 1.59 bits per heavy atom. The Kier molecular flexibility index (Phi) is 6.66. The number of ether oxygens (including phenoxy) is 3. The molecule has 0 spiro atoms. The number of H-pyrrole nitrogens is 1. The standard InChI is InChI=1S/C23H19FN2O8/c24-15-11-26(23(31)25-19(15)28)20-17(27)18(34-22(30)14-9-5-2-6-10-14)16(33-20)12-32-21(29)13-7-3-1-4-8-13/h1-11,16-18,20,27H,12H2,(H,25,28,31)/t16-,17+,18-,20-/m0/s1. The monoisotopic (exact) mass is 470 g/mol. The lowest BCUT2D eigenvalue weighted by Gasteiger charge is -2.21. The number of rotatable bonds is 6. The number of esters is 2. The molecule has 0 unspecified atom stereocenters.